The fraction of sp³-hybridized carbons (Fsp3) is 0.333. The van der Waals surface area contributed by atoms with E-state index in [0.29, 0.717) is 0 Å². The highest BCUT2D eigenvalue weighted by molar-refractivity contribution is 5.31. The Morgan fingerprint density at radius 3 is 1.23 bits per heavy atom. The maximum atomic E-state index is 9.27. The first-order valence-electron chi connectivity index (χ1n) is 7.60. The summed E-state index contributed by atoms with van der Waals surface area (Å²) in [5, 5.41) is 18.5. The monoisotopic (exact) mass is 300 g/mol. The summed E-state index contributed by atoms with van der Waals surface area (Å²) < 4.78 is 11.8. The second kappa shape index (κ2) is 6.60. The van der Waals surface area contributed by atoms with Crippen molar-refractivity contribution in [2.24, 2.45) is 0 Å². The van der Waals surface area contributed by atoms with Crippen molar-refractivity contribution in [3.63, 3.8) is 0 Å². The van der Waals surface area contributed by atoms with Gasteiger partial charge in [-0.25, -0.2) is 0 Å². The molecule has 4 heteroatoms. The van der Waals surface area contributed by atoms with E-state index in [-0.39, 0.29) is 23.7 Å². The third kappa shape index (κ3) is 3.85. The first kappa shape index (κ1) is 14.6. The molecular weight excluding hydrogens is 280 g/mol. The zero-order valence-corrected chi connectivity index (χ0v) is 12.3. The van der Waals surface area contributed by atoms with Crippen molar-refractivity contribution in [2.45, 2.75) is 37.9 Å². The Balaban J connectivity index is 1.47. The van der Waals surface area contributed by atoms with Crippen molar-refractivity contribution < 1.29 is 19.7 Å². The van der Waals surface area contributed by atoms with E-state index in [4.69, 9.17) is 9.47 Å². The molecule has 0 spiro atoms. The summed E-state index contributed by atoms with van der Waals surface area (Å²) in [6, 6.07) is 13.7. The van der Waals surface area contributed by atoms with Crippen LogP contribution in [0.5, 0.6) is 23.0 Å². The molecule has 2 aromatic carbocycles. The van der Waals surface area contributed by atoms with Gasteiger partial charge >= 0.3 is 0 Å². The number of benzene rings is 2. The SMILES string of the molecule is Oc1ccc(OC2CCC(Oc3ccc(O)cc3)CC2)cc1. The van der Waals surface area contributed by atoms with E-state index in [1.54, 1.807) is 48.5 Å². The summed E-state index contributed by atoms with van der Waals surface area (Å²) in [6.45, 7) is 0. The topological polar surface area (TPSA) is 58.9 Å². The minimum atomic E-state index is 0.198. The molecular formula is C18H20O4. The lowest BCUT2D eigenvalue weighted by molar-refractivity contribution is 0.0806. The van der Waals surface area contributed by atoms with Crippen LogP contribution in [0.3, 0.4) is 0 Å². The summed E-state index contributed by atoms with van der Waals surface area (Å²) in [4.78, 5) is 0. The van der Waals surface area contributed by atoms with Gasteiger partial charge in [-0.05, 0) is 74.2 Å². The molecule has 4 nitrogen and oxygen atoms in total. The quantitative estimate of drug-likeness (QED) is 0.900. The van der Waals surface area contributed by atoms with Crippen molar-refractivity contribution in [3.05, 3.63) is 48.5 Å². The van der Waals surface area contributed by atoms with E-state index in [9.17, 15) is 10.2 Å². The number of hydrogen-bond acceptors (Lipinski definition) is 4. The Hall–Kier alpha value is -2.36. The molecule has 2 N–H and O–H groups in total. The van der Waals surface area contributed by atoms with Gasteiger partial charge in [-0.2, -0.15) is 0 Å². The lowest BCUT2D eigenvalue weighted by Gasteiger charge is -2.29. The number of aromatic hydroxyl groups is 2. The lowest BCUT2D eigenvalue weighted by Crippen LogP contribution is -2.30. The van der Waals surface area contributed by atoms with Crippen LogP contribution < -0.4 is 9.47 Å². The van der Waals surface area contributed by atoms with E-state index >= 15 is 0 Å². The number of phenols is 2. The molecule has 0 amide bonds. The van der Waals surface area contributed by atoms with Gasteiger partial charge in [0.1, 0.15) is 23.0 Å². The third-order valence-corrected chi connectivity index (χ3v) is 3.90. The normalized spacial score (nSPS) is 21.3. The van der Waals surface area contributed by atoms with Crippen LogP contribution in [-0.4, -0.2) is 22.4 Å². The van der Waals surface area contributed by atoms with Crippen LogP contribution in [0, 0.1) is 0 Å². The van der Waals surface area contributed by atoms with Gasteiger partial charge < -0.3 is 19.7 Å². The molecule has 0 bridgehead atoms. The zero-order chi connectivity index (χ0) is 15.4. The molecule has 0 atom stereocenters. The fourth-order valence-electron chi connectivity index (χ4n) is 2.70. The number of ether oxygens (including phenoxy) is 2. The van der Waals surface area contributed by atoms with E-state index in [2.05, 4.69) is 0 Å². The largest absolute Gasteiger partial charge is 0.508 e. The van der Waals surface area contributed by atoms with E-state index < -0.39 is 0 Å². The second-order valence-corrected chi connectivity index (χ2v) is 5.62. The van der Waals surface area contributed by atoms with E-state index in [0.717, 1.165) is 37.2 Å². The van der Waals surface area contributed by atoms with Gasteiger partial charge in [0.15, 0.2) is 0 Å². The molecule has 0 heterocycles. The van der Waals surface area contributed by atoms with Gasteiger partial charge in [0.05, 0.1) is 12.2 Å². The summed E-state index contributed by atoms with van der Waals surface area (Å²) >= 11 is 0. The molecule has 0 aliphatic heterocycles. The predicted octanol–water partition coefficient (Wildman–Crippen LogP) is 3.87. The molecule has 0 unspecified atom stereocenters. The van der Waals surface area contributed by atoms with Crippen LogP contribution in [0.1, 0.15) is 25.7 Å². The van der Waals surface area contributed by atoms with Crippen LogP contribution in [-0.2, 0) is 0 Å². The Kier molecular flexibility index (Phi) is 4.37. The van der Waals surface area contributed by atoms with Crippen LogP contribution in [0.4, 0.5) is 0 Å². The van der Waals surface area contributed by atoms with Gasteiger partial charge in [-0.1, -0.05) is 0 Å². The molecule has 1 aliphatic rings. The smallest absolute Gasteiger partial charge is 0.119 e. The molecule has 1 saturated carbocycles. The Bertz CT molecular complexity index is 528. The van der Waals surface area contributed by atoms with Crippen LogP contribution >= 0.6 is 0 Å². The summed E-state index contributed by atoms with van der Waals surface area (Å²) in [5.74, 6) is 2.08. The summed E-state index contributed by atoms with van der Waals surface area (Å²) in [6.07, 6.45) is 4.19. The molecule has 22 heavy (non-hydrogen) atoms. The first-order valence-corrected chi connectivity index (χ1v) is 7.60. The molecule has 116 valence electrons. The van der Waals surface area contributed by atoms with Crippen LogP contribution in [0.25, 0.3) is 0 Å². The van der Waals surface area contributed by atoms with Gasteiger partial charge in [-0.15, -0.1) is 0 Å². The molecule has 1 aliphatic carbocycles. The van der Waals surface area contributed by atoms with Gasteiger partial charge in [-0.3, -0.25) is 0 Å². The first-order chi connectivity index (χ1) is 10.7. The van der Waals surface area contributed by atoms with Crippen LogP contribution in [0.15, 0.2) is 48.5 Å². The molecule has 0 radical (unpaired) electrons. The maximum absolute atomic E-state index is 9.27. The second-order valence-electron chi connectivity index (χ2n) is 5.62. The number of hydrogen-bond donors (Lipinski definition) is 2. The predicted molar refractivity (Wildman–Crippen MR) is 83.5 cm³/mol. The average Bonchev–Trinajstić information content (AvgIpc) is 2.54. The standard InChI is InChI=1S/C18H20O4/c19-13-1-5-15(6-2-13)21-17-9-11-18(12-10-17)22-16-7-3-14(20)4-8-16/h1-8,17-20H,9-12H2. The average molecular weight is 300 g/mol. The van der Waals surface area contributed by atoms with E-state index in [1.807, 2.05) is 0 Å². The molecule has 0 saturated heterocycles. The Morgan fingerprint density at radius 1 is 0.591 bits per heavy atom. The Morgan fingerprint density at radius 2 is 0.909 bits per heavy atom. The van der Waals surface area contributed by atoms with Crippen molar-refractivity contribution in [1.29, 1.82) is 0 Å². The highest BCUT2D eigenvalue weighted by Crippen LogP contribution is 2.28. The third-order valence-electron chi connectivity index (χ3n) is 3.90. The van der Waals surface area contributed by atoms with Crippen molar-refractivity contribution in [3.8, 4) is 23.0 Å². The van der Waals surface area contributed by atoms with Gasteiger partial charge in [0, 0.05) is 0 Å². The minimum Gasteiger partial charge on any atom is -0.508 e. The van der Waals surface area contributed by atoms with E-state index in [1.165, 1.54) is 0 Å². The molecule has 3 rings (SSSR count). The maximum Gasteiger partial charge on any atom is 0.119 e. The molecule has 1 fully saturated rings. The highest BCUT2D eigenvalue weighted by atomic mass is 16.5. The van der Waals surface area contributed by atoms with Gasteiger partial charge in [0.2, 0.25) is 0 Å². The number of phenolic OH excluding ortho intramolecular Hbond substituents is 2. The lowest BCUT2D eigenvalue weighted by atomic mass is 9.95. The summed E-state index contributed by atoms with van der Waals surface area (Å²) in [7, 11) is 0. The van der Waals surface area contributed by atoms with Gasteiger partial charge in [0.25, 0.3) is 0 Å². The van der Waals surface area contributed by atoms with Crippen molar-refractivity contribution >= 4 is 0 Å². The fourth-order valence-corrected chi connectivity index (χ4v) is 2.70. The van der Waals surface area contributed by atoms with Crippen molar-refractivity contribution in [2.75, 3.05) is 0 Å². The molecule has 2 aromatic rings. The Labute approximate surface area is 129 Å². The van der Waals surface area contributed by atoms with Crippen molar-refractivity contribution in [1.82, 2.24) is 0 Å². The molecule has 0 aromatic heterocycles. The number of rotatable bonds is 4. The minimum absolute atomic E-state index is 0.198. The summed E-state index contributed by atoms with van der Waals surface area (Å²) in [5.41, 5.74) is 0. The zero-order valence-electron chi connectivity index (χ0n) is 12.3. The van der Waals surface area contributed by atoms with Crippen LogP contribution in [0.2, 0.25) is 0 Å². The highest BCUT2D eigenvalue weighted by Gasteiger charge is 2.23.